The number of esters is 3. The number of ether oxygens (including phenoxy) is 3. The predicted octanol–water partition coefficient (Wildman–Crippen LogP) is 25.2. The van der Waals surface area contributed by atoms with Crippen molar-refractivity contribution in [2.45, 2.75) is 386 Å². The Hall–Kier alpha value is -3.15. The monoisotopic (exact) mass is 1160 g/mol. The maximum Gasteiger partial charge on any atom is 0.306 e. The topological polar surface area (TPSA) is 78.9 Å². The Kier molecular flexibility index (Phi) is 68.6. The van der Waals surface area contributed by atoms with Crippen LogP contribution < -0.4 is 0 Å². The number of allylic oxidation sites excluding steroid dienone is 12. The van der Waals surface area contributed by atoms with Gasteiger partial charge in [0, 0.05) is 19.3 Å². The molecule has 0 aromatic rings. The zero-order valence-corrected chi connectivity index (χ0v) is 55.5. The smallest absolute Gasteiger partial charge is 0.306 e. The van der Waals surface area contributed by atoms with Gasteiger partial charge in [-0.2, -0.15) is 0 Å². The van der Waals surface area contributed by atoms with Crippen LogP contribution in [-0.4, -0.2) is 37.2 Å². The normalized spacial score (nSPS) is 12.5. The number of carbonyl (C=O) groups excluding carboxylic acids is 3. The number of rotatable bonds is 67. The van der Waals surface area contributed by atoms with E-state index in [-0.39, 0.29) is 31.1 Å². The van der Waals surface area contributed by atoms with Crippen LogP contribution in [0.15, 0.2) is 72.9 Å². The Morgan fingerprint density at radius 3 is 0.783 bits per heavy atom. The van der Waals surface area contributed by atoms with Gasteiger partial charge in [-0.1, -0.05) is 351 Å². The van der Waals surface area contributed by atoms with Crippen molar-refractivity contribution in [3.8, 4) is 0 Å². The fourth-order valence-electron chi connectivity index (χ4n) is 10.8. The molecule has 83 heavy (non-hydrogen) atoms. The third kappa shape index (κ3) is 69.5. The Labute approximate surface area is 516 Å². The van der Waals surface area contributed by atoms with Gasteiger partial charge in [0.2, 0.25) is 0 Å². The molecule has 0 aliphatic rings. The zero-order valence-electron chi connectivity index (χ0n) is 55.5. The molecule has 0 radical (unpaired) electrons. The molecule has 0 aliphatic carbocycles. The average molecular weight is 1160 g/mol. The van der Waals surface area contributed by atoms with Crippen molar-refractivity contribution in [1.29, 1.82) is 0 Å². The van der Waals surface area contributed by atoms with Gasteiger partial charge in [-0.3, -0.25) is 14.4 Å². The largest absolute Gasteiger partial charge is 0.462 e. The number of hydrogen-bond acceptors (Lipinski definition) is 6. The van der Waals surface area contributed by atoms with Crippen molar-refractivity contribution >= 4 is 17.9 Å². The van der Waals surface area contributed by atoms with E-state index in [1.807, 2.05) is 0 Å². The van der Waals surface area contributed by atoms with Crippen LogP contribution in [0, 0.1) is 0 Å². The molecule has 0 aliphatic heterocycles. The molecular formula is C77H138O6. The van der Waals surface area contributed by atoms with E-state index in [4.69, 9.17) is 14.2 Å². The van der Waals surface area contributed by atoms with Gasteiger partial charge >= 0.3 is 17.9 Å². The second-order valence-electron chi connectivity index (χ2n) is 24.5. The molecule has 0 N–H and O–H groups in total. The van der Waals surface area contributed by atoms with Crippen LogP contribution in [0.3, 0.4) is 0 Å². The predicted molar refractivity (Wildman–Crippen MR) is 362 cm³/mol. The molecule has 1 unspecified atom stereocenters. The molecular weight excluding hydrogens is 1020 g/mol. The Bertz CT molecular complexity index is 1520. The fraction of sp³-hybridized carbons (Fsp3) is 0.805. The minimum atomic E-state index is -0.783. The van der Waals surface area contributed by atoms with E-state index in [2.05, 4.69) is 93.7 Å². The third-order valence-electron chi connectivity index (χ3n) is 16.2. The van der Waals surface area contributed by atoms with Gasteiger partial charge in [0.05, 0.1) is 0 Å². The maximum atomic E-state index is 13.0. The molecule has 482 valence electrons. The molecule has 0 rings (SSSR count). The SMILES string of the molecule is CC/C=C\C/C=C\C/C=C\C/C=C\CCCCCCCCCCCCCCC(=O)OC(COC(=O)CCCCCCC/C=C\C/C=C\CCC)COC(=O)CCCCCCCCCCCCCCCCCCCCCCCCCCCCC. The van der Waals surface area contributed by atoms with Crippen LogP contribution >= 0.6 is 0 Å². The van der Waals surface area contributed by atoms with Gasteiger partial charge in [-0.05, 0) is 83.5 Å². The summed E-state index contributed by atoms with van der Waals surface area (Å²) >= 11 is 0. The lowest BCUT2D eigenvalue weighted by atomic mass is 10.0. The van der Waals surface area contributed by atoms with E-state index in [0.29, 0.717) is 19.3 Å². The van der Waals surface area contributed by atoms with Crippen LogP contribution in [0.4, 0.5) is 0 Å². The first-order valence-corrected chi connectivity index (χ1v) is 36.4. The highest BCUT2D eigenvalue weighted by molar-refractivity contribution is 5.71. The molecule has 6 heteroatoms. The molecule has 0 bridgehead atoms. The van der Waals surface area contributed by atoms with Crippen molar-refractivity contribution in [3.05, 3.63) is 72.9 Å². The second-order valence-corrected chi connectivity index (χ2v) is 24.5. The first kappa shape index (κ1) is 79.8. The summed E-state index contributed by atoms with van der Waals surface area (Å²) in [5, 5.41) is 0. The highest BCUT2D eigenvalue weighted by Crippen LogP contribution is 2.19. The summed E-state index contributed by atoms with van der Waals surface area (Å²) in [7, 11) is 0. The van der Waals surface area contributed by atoms with E-state index >= 15 is 0 Å². The minimum Gasteiger partial charge on any atom is -0.462 e. The van der Waals surface area contributed by atoms with E-state index in [9.17, 15) is 14.4 Å². The second kappa shape index (κ2) is 71.3. The summed E-state index contributed by atoms with van der Waals surface area (Å²) in [4.78, 5) is 38.5. The van der Waals surface area contributed by atoms with Gasteiger partial charge in [0.15, 0.2) is 6.10 Å². The van der Waals surface area contributed by atoms with Crippen molar-refractivity contribution < 1.29 is 28.6 Å². The van der Waals surface area contributed by atoms with Crippen LogP contribution in [0.5, 0.6) is 0 Å². The van der Waals surface area contributed by atoms with Gasteiger partial charge in [-0.15, -0.1) is 0 Å². The highest BCUT2D eigenvalue weighted by atomic mass is 16.6. The van der Waals surface area contributed by atoms with E-state index < -0.39 is 6.10 Å². The third-order valence-corrected chi connectivity index (χ3v) is 16.2. The lowest BCUT2D eigenvalue weighted by Gasteiger charge is -2.18. The Balaban J connectivity index is 4.22. The van der Waals surface area contributed by atoms with E-state index in [1.54, 1.807) is 0 Å². The molecule has 0 saturated heterocycles. The van der Waals surface area contributed by atoms with Crippen molar-refractivity contribution in [2.24, 2.45) is 0 Å². The number of unbranched alkanes of at least 4 members (excludes halogenated alkanes) is 44. The quantitative estimate of drug-likeness (QED) is 0.0261. The molecule has 0 fully saturated rings. The van der Waals surface area contributed by atoms with E-state index in [0.717, 1.165) is 109 Å². The first-order valence-electron chi connectivity index (χ1n) is 36.4. The highest BCUT2D eigenvalue weighted by Gasteiger charge is 2.19. The first-order chi connectivity index (χ1) is 41.0. The summed E-state index contributed by atoms with van der Waals surface area (Å²) in [6, 6.07) is 0. The van der Waals surface area contributed by atoms with Gasteiger partial charge < -0.3 is 14.2 Å². The van der Waals surface area contributed by atoms with Crippen LogP contribution in [-0.2, 0) is 28.6 Å². The van der Waals surface area contributed by atoms with Crippen molar-refractivity contribution in [3.63, 3.8) is 0 Å². The van der Waals surface area contributed by atoms with Crippen LogP contribution in [0.1, 0.15) is 380 Å². The zero-order chi connectivity index (χ0) is 59.9. The van der Waals surface area contributed by atoms with Gasteiger partial charge in [-0.25, -0.2) is 0 Å². The molecule has 0 heterocycles. The summed E-state index contributed by atoms with van der Waals surface area (Å²) in [5.74, 6) is -0.871. The number of hydrogen-bond donors (Lipinski definition) is 0. The standard InChI is InChI=1S/C77H138O6/c1-4-7-10-13-16-19-22-25-27-29-31-33-35-37-38-40-41-43-45-47-49-52-55-58-61-64-67-70-76(79)82-73-74(72-81-75(78)69-66-63-60-57-54-51-24-21-18-15-12-9-6-3)83-77(80)71-68-65-62-59-56-53-50-48-46-44-42-39-36-34-32-30-28-26-23-20-17-14-11-8-5-2/h8,11-12,15,17,20-21,24,26,28,32,34,74H,4-7,9-10,13-14,16,18-19,22-23,25,27,29-31,33,35-73H2,1-3H3/b11-8-,15-12-,20-17-,24-21-,28-26-,34-32-. The molecule has 0 saturated carbocycles. The van der Waals surface area contributed by atoms with Crippen molar-refractivity contribution in [1.82, 2.24) is 0 Å². The van der Waals surface area contributed by atoms with Gasteiger partial charge in [0.25, 0.3) is 0 Å². The summed E-state index contributed by atoms with van der Waals surface area (Å²) in [6.07, 6.45) is 93.7. The lowest BCUT2D eigenvalue weighted by Crippen LogP contribution is -2.30. The molecule has 1 atom stereocenters. The average Bonchev–Trinajstić information content (AvgIpc) is 3.49. The molecule has 0 spiro atoms. The molecule has 0 amide bonds. The Morgan fingerprint density at radius 1 is 0.253 bits per heavy atom. The van der Waals surface area contributed by atoms with E-state index in [1.165, 1.54) is 231 Å². The van der Waals surface area contributed by atoms with Crippen molar-refractivity contribution in [2.75, 3.05) is 13.2 Å². The molecule has 0 aromatic carbocycles. The summed E-state index contributed by atoms with van der Waals surface area (Å²) < 4.78 is 17.0. The fourth-order valence-corrected chi connectivity index (χ4v) is 10.8. The Morgan fingerprint density at radius 2 is 0.494 bits per heavy atom. The van der Waals surface area contributed by atoms with Crippen LogP contribution in [0.25, 0.3) is 0 Å². The number of carbonyl (C=O) groups is 3. The molecule has 0 aromatic heterocycles. The van der Waals surface area contributed by atoms with Crippen LogP contribution in [0.2, 0.25) is 0 Å². The summed E-state index contributed by atoms with van der Waals surface area (Å²) in [5.41, 5.74) is 0. The molecule has 6 nitrogen and oxygen atoms in total. The maximum absolute atomic E-state index is 13.0. The lowest BCUT2D eigenvalue weighted by molar-refractivity contribution is -0.167. The minimum absolute atomic E-state index is 0.0765. The van der Waals surface area contributed by atoms with Gasteiger partial charge in [0.1, 0.15) is 13.2 Å². The summed E-state index contributed by atoms with van der Waals surface area (Å²) in [6.45, 7) is 6.51.